The molecule has 0 aliphatic carbocycles. The smallest absolute Gasteiger partial charge is 0.178 e. The number of methoxy groups -OCH3 is 1. The maximum absolute atomic E-state index is 12.3. The molecule has 2 heterocycles. The van der Waals surface area contributed by atoms with Crippen molar-refractivity contribution >= 4 is 11.5 Å². The van der Waals surface area contributed by atoms with Crippen LogP contribution in [0, 0.1) is 5.41 Å². The summed E-state index contributed by atoms with van der Waals surface area (Å²) in [6.45, 7) is 5.24. The highest BCUT2D eigenvalue weighted by molar-refractivity contribution is 5.99. The van der Waals surface area contributed by atoms with Crippen LogP contribution in [0.5, 0.6) is 5.75 Å². The molecule has 1 saturated heterocycles. The number of allylic oxidation sites excluding steroid dienone is 1. The standard InChI is InChI=1S/C16H20N2O2/c1-16(2)6-7-18-12-8-10(20-3)4-5-11(12)15(17)13(19)9-14(16)18/h4-5,8-9,15H,6-7,17H2,1-3H3. The van der Waals surface area contributed by atoms with Gasteiger partial charge in [-0.05, 0) is 12.5 Å². The minimum Gasteiger partial charge on any atom is -0.497 e. The van der Waals surface area contributed by atoms with Crippen LogP contribution >= 0.6 is 0 Å². The van der Waals surface area contributed by atoms with Crippen molar-refractivity contribution in [2.24, 2.45) is 11.1 Å². The summed E-state index contributed by atoms with van der Waals surface area (Å²) in [6.07, 6.45) is 2.75. The van der Waals surface area contributed by atoms with Gasteiger partial charge in [0.15, 0.2) is 5.78 Å². The number of anilines is 1. The second kappa shape index (κ2) is 4.35. The Hall–Kier alpha value is -1.81. The van der Waals surface area contributed by atoms with Crippen molar-refractivity contribution in [2.45, 2.75) is 26.3 Å². The van der Waals surface area contributed by atoms with Gasteiger partial charge in [-0.2, -0.15) is 0 Å². The largest absolute Gasteiger partial charge is 0.497 e. The fourth-order valence-electron chi connectivity index (χ4n) is 3.05. The summed E-state index contributed by atoms with van der Waals surface area (Å²) in [6, 6.07) is 5.14. The van der Waals surface area contributed by atoms with Crippen molar-refractivity contribution in [1.29, 1.82) is 0 Å². The van der Waals surface area contributed by atoms with Crippen LogP contribution in [0.4, 0.5) is 5.69 Å². The predicted molar refractivity (Wildman–Crippen MR) is 78.8 cm³/mol. The zero-order chi connectivity index (χ0) is 14.5. The molecule has 0 amide bonds. The number of ketones is 1. The van der Waals surface area contributed by atoms with Crippen LogP contribution in [0.2, 0.25) is 0 Å². The molecule has 0 spiro atoms. The van der Waals surface area contributed by atoms with Crippen LogP contribution in [-0.2, 0) is 4.79 Å². The van der Waals surface area contributed by atoms with Crippen LogP contribution in [-0.4, -0.2) is 19.4 Å². The molecule has 106 valence electrons. The molecular weight excluding hydrogens is 252 g/mol. The van der Waals surface area contributed by atoms with Gasteiger partial charge in [0, 0.05) is 41.1 Å². The van der Waals surface area contributed by atoms with Gasteiger partial charge in [-0.15, -0.1) is 0 Å². The fourth-order valence-corrected chi connectivity index (χ4v) is 3.05. The second-order valence-corrected chi connectivity index (χ2v) is 6.12. The molecule has 0 radical (unpaired) electrons. The molecule has 4 nitrogen and oxygen atoms in total. The zero-order valence-electron chi connectivity index (χ0n) is 12.1. The van der Waals surface area contributed by atoms with E-state index in [0.29, 0.717) is 0 Å². The number of hydrogen-bond donors (Lipinski definition) is 1. The molecule has 20 heavy (non-hydrogen) atoms. The van der Waals surface area contributed by atoms with Gasteiger partial charge in [0.25, 0.3) is 0 Å². The number of nitrogens with zero attached hydrogens (tertiary/aromatic N) is 1. The third-order valence-corrected chi connectivity index (χ3v) is 4.39. The molecule has 1 atom stereocenters. The number of carbonyl (C=O) groups excluding carboxylic acids is 1. The van der Waals surface area contributed by atoms with E-state index in [0.717, 1.165) is 35.7 Å². The topological polar surface area (TPSA) is 55.6 Å². The Bertz CT molecular complexity index is 604. The molecule has 3 rings (SSSR count). The van der Waals surface area contributed by atoms with Crippen LogP contribution in [0.25, 0.3) is 0 Å². The van der Waals surface area contributed by atoms with Gasteiger partial charge in [0.05, 0.1) is 13.2 Å². The Labute approximate surface area is 119 Å². The van der Waals surface area contributed by atoms with Crippen LogP contribution < -0.4 is 15.4 Å². The molecule has 1 aromatic carbocycles. The maximum Gasteiger partial charge on any atom is 0.178 e. The van der Waals surface area contributed by atoms with Gasteiger partial charge in [0.2, 0.25) is 0 Å². The van der Waals surface area contributed by atoms with Crippen molar-refractivity contribution in [3.8, 4) is 5.75 Å². The molecular formula is C16H20N2O2. The average molecular weight is 272 g/mol. The summed E-state index contributed by atoms with van der Waals surface area (Å²) in [5, 5.41) is 0. The molecule has 2 aliphatic rings. The molecule has 4 heteroatoms. The summed E-state index contributed by atoms with van der Waals surface area (Å²) in [5.74, 6) is 0.762. The van der Waals surface area contributed by atoms with Crippen LogP contribution in [0.15, 0.2) is 30.0 Å². The lowest BCUT2D eigenvalue weighted by atomic mass is 9.88. The number of ether oxygens (including phenoxy) is 1. The first kappa shape index (κ1) is 13.2. The van der Waals surface area contributed by atoms with Crippen molar-refractivity contribution in [2.75, 3.05) is 18.6 Å². The second-order valence-electron chi connectivity index (χ2n) is 6.12. The lowest BCUT2D eigenvalue weighted by molar-refractivity contribution is -0.115. The summed E-state index contributed by atoms with van der Waals surface area (Å²) < 4.78 is 5.31. The van der Waals surface area contributed by atoms with E-state index in [1.54, 1.807) is 13.2 Å². The van der Waals surface area contributed by atoms with E-state index < -0.39 is 6.04 Å². The Morgan fingerprint density at radius 2 is 2.15 bits per heavy atom. The van der Waals surface area contributed by atoms with Gasteiger partial charge in [-0.3, -0.25) is 4.79 Å². The van der Waals surface area contributed by atoms with E-state index in [1.807, 2.05) is 18.2 Å². The minimum absolute atomic E-state index is 0.0000660. The quantitative estimate of drug-likeness (QED) is 0.853. The summed E-state index contributed by atoms with van der Waals surface area (Å²) >= 11 is 0. The average Bonchev–Trinajstić information content (AvgIpc) is 2.67. The van der Waals surface area contributed by atoms with Crippen molar-refractivity contribution < 1.29 is 9.53 Å². The Kier molecular flexibility index (Phi) is 2.87. The van der Waals surface area contributed by atoms with E-state index in [9.17, 15) is 4.79 Å². The molecule has 2 aliphatic heterocycles. The van der Waals surface area contributed by atoms with E-state index in [2.05, 4.69) is 18.7 Å². The molecule has 1 fully saturated rings. The van der Waals surface area contributed by atoms with Gasteiger partial charge < -0.3 is 15.4 Å². The number of rotatable bonds is 1. The van der Waals surface area contributed by atoms with Crippen LogP contribution in [0.3, 0.4) is 0 Å². The first-order valence-corrected chi connectivity index (χ1v) is 6.91. The van der Waals surface area contributed by atoms with E-state index in [-0.39, 0.29) is 11.2 Å². The number of carbonyl (C=O) groups is 1. The monoisotopic (exact) mass is 272 g/mol. The van der Waals surface area contributed by atoms with Crippen molar-refractivity contribution in [3.63, 3.8) is 0 Å². The zero-order valence-corrected chi connectivity index (χ0v) is 12.1. The molecule has 1 aromatic rings. The molecule has 1 unspecified atom stereocenters. The van der Waals surface area contributed by atoms with Gasteiger partial charge in [0.1, 0.15) is 5.75 Å². The van der Waals surface area contributed by atoms with E-state index >= 15 is 0 Å². The summed E-state index contributed by atoms with van der Waals surface area (Å²) in [5.41, 5.74) is 9.05. The highest BCUT2D eigenvalue weighted by Gasteiger charge is 2.39. The normalized spacial score (nSPS) is 23.8. The SMILES string of the molecule is COc1ccc2c(c1)N1CCC(C)(C)C1=CC(=O)C2N. The minimum atomic E-state index is -0.593. The highest BCUT2D eigenvalue weighted by Crippen LogP contribution is 2.46. The Morgan fingerprint density at radius 3 is 2.85 bits per heavy atom. The van der Waals surface area contributed by atoms with Gasteiger partial charge in [-0.25, -0.2) is 0 Å². The first-order chi connectivity index (χ1) is 9.44. The molecule has 0 bridgehead atoms. The molecule has 0 aromatic heterocycles. The number of hydrogen-bond acceptors (Lipinski definition) is 4. The highest BCUT2D eigenvalue weighted by atomic mass is 16.5. The van der Waals surface area contributed by atoms with Crippen molar-refractivity contribution in [1.82, 2.24) is 0 Å². The predicted octanol–water partition coefficient (Wildman–Crippen LogP) is 2.40. The first-order valence-electron chi connectivity index (χ1n) is 6.91. The lowest BCUT2D eigenvalue weighted by Crippen LogP contribution is -2.21. The number of nitrogens with two attached hydrogens (primary N) is 1. The fraction of sp³-hybridized carbons (Fsp3) is 0.438. The lowest BCUT2D eigenvalue weighted by Gasteiger charge is -2.26. The summed E-state index contributed by atoms with van der Waals surface area (Å²) in [7, 11) is 1.65. The third kappa shape index (κ3) is 1.83. The Morgan fingerprint density at radius 1 is 1.40 bits per heavy atom. The molecule has 0 saturated carbocycles. The van der Waals surface area contributed by atoms with Gasteiger partial charge in [-0.1, -0.05) is 19.9 Å². The molecule has 2 N–H and O–H groups in total. The third-order valence-electron chi connectivity index (χ3n) is 4.39. The number of fused-ring (bicyclic) bond motifs is 3. The Balaban J connectivity index is 2.21. The van der Waals surface area contributed by atoms with E-state index in [4.69, 9.17) is 10.5 Å². The van der Waals surface area contributed by atoms with E-state index in [1.165, 1.54) is 0 Å². The maximum atomic E-state index is 12.3. The van der Waals surface area contributed by atoms with Crippen molar-refractivity contribution in [3.05, 3.63) is 35.5 Å². The van der Waals surface area contributed by atoms with Crippen LogP contribution in [0.1, 0.15) is 31.9 Å². The summed E-state index contributed by atoms with van der Waals surface area (Å²) in [4.78, 5) is 14.5. The van der Waals surface area contributed by atoms with Gasteiger partial charge >= 0.3 is 0 Å². The number of benzene rings is 1.